The van der Waals surface area contributed by atoms with Crippen molar-refractivity contribution >= 4 is 39.7 Å². The third kappa shape index (κ3) is 3.84. The largest absolute Gasteiger partial charge is 0.394 e. The van der Waals surface area contributed by atoms with Gasteiger partial charge < -0.3 is 15.3 Å². The van der Waals surface area contributed by atoms with Crippen LogP contribution in [0.1, 0.15) is 50.8 Å². The van der Waals surface area contributed by atoms with Crippen molar-refractivity contribution in [3.05, 3.63) is 46.6 Å². The van der Waals surface area contributed by atoms with Crippen LogP contribution in [0.4, 0.5) is 11.8 Å². The first kappa shape index (κ1) is 21.9. The maximum Gasteiger partial charge on any atom is 0.227 e. The van der Waals surface area contributed by atoms with Crippen LogP contribution in [0.3, 0.4) is 0 Å². The summed E-state index contributed by atoms with van der Waals surface area (Å²) in [6.07, 6.45) is 6.63. The van der Waals surface area contributed by atoms with Gasteiger partial charge in [-0.15, -0.1) is 0 Å². The standard InChI is InChI=1S/C24H29ClN4O2S/c1-23(2)14-19-20(32(23)31)21(28-24(15-30)10-3-11-24)27-22(26-19)29-12-8-17(9-13-29)16-4-6-18(25)7-5-16/h4-8,30H,3,9-15H2,1-2H3,(H,26,27,28)/t32-/m1/s1. The highest BCUT2D eigenvalue weighted by molar-refractivity contribution is 7.87. The fourth-order valence-electron chi connectivity index (χ4n) is 4.72. The molecular weight excluding hydrogens is 444 g/mol. The second-order valence-corrected chi connectivity index (χ2v) is 12.2. The van der Waals surface area contributed by atoms with Gasteiger partial charge in [-0.25, -0.2) is 4.98 Å². The van der Waals surface area contributed by atoms with Gasteiger partial charge in [-0.3, -0.25) is 4.21 Å². The molecule has 0 spiro atoms. The van der Waals surface area contributed by atoms with Crippen LogP contribution in [0.15, 0.2) is 35.2 Å². The van der Waals surface area contributed by atoms with Crippen LogP contribution in [0.5, 0.6) is 0 Å². The Labute approximate surface area is 196 Å². The van der Waals surface area contributed by atoms with Gasteiger partial charge in [-0.2, -0.15) is 4.98 Å². The van der Waals surface area contributed by atoms with Crippen molar-refractivity contribution in [1.29, 1.82) is 0 Å². The van der Waals surface area contributed by atoms with Gasteiger partial charge in [0.05, 0.1) is 33.4 Å². The molecule has 8 heteroatoms. The van der Waals surface area contributed by atoms with Gasteiger partial charge in [-0.1, -0.05) is 29.8 Å². The molecule has 1 saturated carbocycles. The van der Waals surface area contributed by atoms with Crippen LogP contribution in [0.25, 0.3) is 5.57 Å². The second kappa shape index (κ2) is 8.12. The van der Waals surface area contributed by atoms with Gasteiger partial charge in [0.15, 0.2) is 0 Å². The van der Waals surface area contributed by atoms with Crippen molar-refractivity contribution in [3.8, 4) is 0 Å². The lowest BCUT2D eigenvalue weighted by Gasteiger charge is -2.41. The highest BCUT2D eigenvalue weighted by atomic mass is 35.5. The Bertz CT molecular complexity index is 1090. The number of hydrogen-bond donors (Lipinski definition) is 2. The SMILES string of the molecule is CC1(C)Cc2nc(N3CC=C(c4ccc(Cl)cc4)CC3)nc(NC3(CO)CCC3)c2[S@]1=O. The molecule has 2 aliphatic heterocycles. The number of aliphatic hydroxyl groups is 1. The van der Waals surface area contributed by atoms with Crippen LogP contribution < -0.4 is 10.2 Å². The number of nitrogens with one attached hydrogen (secondary N) is 1. The first-order valence-corrected chi connectivity index (χ1v) is 12.7. The molecule has 1 fully saturated rings. The van der Waals surface area contributed by atoms with Crippen molar-refractivity contribution in [3.63, 3.8) is 0 Å². The van der Waals surface area contributed by atoms with Gasteiger partial charge in [0, 0.05) is 24.5 Å². The zero-order valence-corrected chi connectivity index (χ0v) is 20.1. The Morgan fingerprint density at radius 3 is 2.56 bits per heavy atom. The number of fused-ring (bicyclic) bond motifs is 1. The molecule has 1 aromatic carbocycles. The Kier molecular flexibility index (Phi) is 5.55. The van der Waals surface area contributed by atoms with Crippen molar-refractivity contribution in [2.45, 2.75) is 61.1 Å². The molecule has 170 valence electrons. The van der Waals surface area contributed by atoms with Gasteiger partial charge in [0.2, 0.25) is 5.95 Å². The number of anilines is 2. The number of hydrogen-bond acceptors (Lipinski definition) is 6. The summed E-state index contributed by atoms with van der Waals surface area (Å²) in [4.78, 5) is 12.6. The minimum absolute atomic E-state index is 0.0496. The van der Waals surface area contributed by atoms with Crippen LogP contribution in [0, 0.1) is 0 Å². The topological polar surface area (TPSA) is 78.3 Å². The summed E-state index contributed by atoms with van der Waals surface area (Å²) >= 11 is 6.03. The first-order chi connectivity index (χ1) is 15.3. The minimum atomic E-state index is -1.19. The molecule has 1 aromatic heterocycles. The van der Waals surface area contributed by atoms with E-state index in [4.69, 9.17) is 21.6 Å². The summed E-state index contributed by atoms with van der Waals surface area (Å²) in [5.41, 5.74) is 2.99. The molecule has 1 aliphatic carbocycles. The number of halogens is 1. The second-order valence-electron chi connectivity index (χ2n) is 9.70. The maximum absolute atomic E-state index is 13.2. The van der Waals surface area contributed by atoms with Crippen molar-refractivity contribution in [1.82, 2.24) is 9.97 Å². The van der Waals surface area contributed by atoms with Crippen LogP contribution in [-0.4, -0.2) is 49.3 Å². The first-order valence-electron chi connectivity index (χ1n) is 11.2. The number of rotatable bonds is 5. The van der Waals surface area contributed by atoms with E-state index < -0.39 is 10.8 Å². The molecule has 3 heterocycles. The zero-order chi connectivity index (χ0) is 22.5. The van der Waals surface area contributed by atoms with E-state index in [2.05, 4.69) is 28.4 Å². The minimum Gasteiger partial charge on any atom is -0.394 e. The summed E-state index contributed by atoms with van der Waals surface area (Å²) in [5, 5.41) is 14.2. The van der Waals surface area contributed by atoms with E-state index in [1.165, 1.54) is 11.1 Å². The lowest BCUT2D eigenvalue weighted by molar-refractivity contribution is 0.143. The molecule has 0 saturated heterocycles. The van der Waals surface area contributed by atoms with Gasteiger partial charge in [-0.05, 0) is 62.8 Å². The molecule has 0 unspecified atom stereocenters. The summed E-state index contributed by atoms with van der Waals surface area (Å²) in [6.45, 7) is 5.61. The summed E-state index contributed by atoms with van der Waals surface area (Å²) in [5.74, 6) is 1.30. The average Bonchev–Trinajstić information content (AvgIpc) is 2.99. The van der Waals surface area contributed by atoms with Crippen molar-refractivity contribution in [2.24, 2.45) is 0 Å². The predicted octanol–water partition coefficient (Wildman–Crippen LogP) is 4.19. The Balaban J connectivity index is 1.46. The van der Waals surface area contributed by atoms with Gasteiger partial charge in [0.1, 0.15) is 10.7 Å². The fraction of sp³-hybridized carbons (Fsp3) is 0.500. The molecule has 6 nitrogen and oxygen atoms in total. The van der Waals surface area contributed by atoms with Crippen molar-refractivity contribution in [2.75, 3.05) is 29.9 Å². The molecular formula is C24H29ClN4O2S. The van der Waals surface area contributed by atoms with E-state index in [-0.39, 0.29) is 16.9 Å². The lowest BCUT2D eigenvalue weighted by Crippen LogP contribution is -2.49. The average molecular weight is 473 g/mol. The monoisotopic (exact) mass is 472 g/mol. The number of benzene rings is 1. The Morgan fingerprint density at radius 2 is 1.97 bits per heavy atom. The highest BCUT2D eigenvalue weighted by Gasteiger charge is 2.43. The molecule has 3 aliphatic rings. The normalized spacial score (nSPS) is 23.3. The van der Waals surface area contributed by atoms with E-state index in [0.717, 1.165) is 42.9 Å². The van der Waals surface area contributed by atoms with Gasteiger partial charge >= 0.3 is 0 Å². The highest BCUT2D eigenvalue weighted by Crippen LogP contribution is 2.42. The molecule has 2 aromatic rings. The van der Waals surface area contributed by atoms with E-state index >= 15 is 0 Å². The summed E-state index contributed by atoms with van der Waals surface area (Å²) in [7, 11) is -1.19. The molecule has 0 bridgehead atoms. The molecule has 0 amide bonds. The fourth-order valence-corrected chi connectivity index (χ4v) is 6.27. The molecule has 1 atom stereocenters. The number of nitrogens with zero attached hydrogens (tertiary/aromatic N) is 3. The van der Waals surface area contributed by atoms with E-state index in [1.54, 1.807) is 0 Å². The molecule has 2 N–H and O–H groups in total. The van der Waals surface area contributed by atoms with Crippen LogP contribution in [-0.2, 0) is 17.2 Å². The molecule has 32 heavy (non-hydrogen) atoms. The Morgan fingerprint density at radius 1 is 1.22 bits per heavy atom. The van der Waals surface area contributed by atoms with E-state index in [0.29, 0.717) is 29.6 Å². The number of aromatic nitrogens is 2. The summed E-state index contributed by atoms with van der Waals surface area (Å²) in [6, 6.07) is 7.96. The van der Waals surface area contributed by atoms with E-state index in [1.807, 2.05) is 26.0 Å². The van der Waals surface area contributed by atoms with Gasteiger partial charge in [0.25, 0.3) is 0 Å². The quantitative estimate of drug-likeness (QED) is 0.679. The summed E-state index contributed by atoms with van der Waals surface area (Å²) < 4.78 is 12.9. The number of aliphatic hydroxyl groups excluding tert-OH is 1. The smallest absolute Gasteiger partial charge is 0.227 e. The van der Waals surface area contributed by atoms with Crippen LogP contribution >= 0.6 is 11.6 Å². The molecule has 5 rings (SSSR count). The third-order valence-electron chi connectivity index (χ3n) is 6.91. The zero-order valence-electron chi connectivity index (χ0n) is 18.5. The molecule has 0 radical (unpaired) electrons. The van der Waals surface area contributed by atoms with E-state index in [9.17, 15) is 9.32 Å². The predicted molar refractivity (Wildman–Crippen MR) is 130 cm³/mol. The van der Waals surface area contributed by atoms with Crippen LogP contribution in [0.2, 0.25) is 5.02 Å². The van der Waals surface area contributed by atoms with Crippen molar-refractivity contribution < 1.29 is 9.32 Å². The lowest BCUT2D eigenvalue weighted by atomic mass is 9.77. The Hall–Kier alpha value is -1.96. The maximum atomic E-state index is 13.2. The third-order valence-corrected chi connectivity index (χ3v) is 9.11.